The van der Waals surface area contributed by atoms with E-state index in [-0.39, 0.29) is 11.5 Å². The van der Waals surface area contributed by atoms with E-state index in [2.05, 4.69) is 30.7 Å². The average molecular weight is 497 g/mol. The third-order valence-corrected chi connectivity index (χ3v) is 5.61. The highest BCUT2D eigenvalue weighted by Crippen LogP contribution is 2.28. The van der Waals surface area contributed by atoms with Gasteiger partial charge >= 0.3 is 0 Å². The van der Waals surface area contributed by atoms with Gasteiger partial charge in [-0.1, -0.05) is 23.7 Å². The van der Waals surface area contributed by atoms with Crippen LogP contribution in [-0.2, 0) is 4.74 Å². The number of ether oxygens (including phenoxy) is 1. The van der Waals surface area contributed by atoms with Crippen molar-refractivity contribution in [3.05, 3.63) is 94.7 Å². The van der Waals surface area contributed by atoms with E-state index in [1.54, 1.807) is 47.1 Å². The van der Waals surface area contributed by atoms with Gasteiger partial charge in [0.2, 0.25) is 12.1 Å². The van der Waals surface area contributed by atoms with Gasteiger partial charge in [0.15, 0.2) is 17.4 Å². The first kappa shape index (κ1) is 22.9. The molecule has 0 saturated heterocycles. The molecule has 0 fully saturated rings. The van der Waals surface area contributed by atoms with E-state index in [0.29, 0.717) is 39.5 Å². The number of hydrazone groups is 1. The molecular formula is C25H17ClN8O2. The monoisotopic (exact) mass is 496 g/mol. The summed E-state index contributed by atoms with van der Waals surface area (Å²) in [5.41, 5.74) is 5.56. The number of Topliss-reactive ketones (excluding diaryl/α,β-unsaturated/α-hetero) is 1. The summed E-state index contributed by atoms with van der Waals surface area (Å²) in [6.45, 7) is 1.48. The fourth-order valence-corrected chi connectivity index (χ4v) is 3.73. The Kier molecular flexibility index (Phi) is 6.21. The van der Waals surface area contributed by atoms with E-state index in [1.165, 1.54) is 19.3 Å². The SMILES string of the molecule is CC(=O)c1ccc(-c2nnc(/C=C/C3=NNC(c4ccnc(C#N)c4)O3)n2-c2ccccc2Cl)nc1. The molecule has 1 aliphatic rings. The normalized spacial score (nSPS) is 14.7. The highest BCUT2D eigenvalue weighted by Gasteiger charge is 2.21. The first-order valence-electron chi connectivity index (χ1n) is 10.7. The van der Waals surface area contributed by atoms with Crippen LogP contribution in [0.1, 0.15) is 40.6 Å². The van der Waals surface area contributed by atoms with Gasteiger partial charge in [0.25, 0.3) is 0 Å². The molecule has 0 spiro atoms. The lowest BCUT2D eigenvalue weighted by Gasteiger charge is -2.11. The number of nitriles is 1. The first-order valence-corrected chi connectivity index (χ1v) is 11.1. The topological polar surface area (TPSA) is 131 Å². The molecule has 1 unspecified atom stereocenters. The Balaban J connectivity index is 1.46. The Labute approximate surface area is 210 Å². The number of carbonyl (C=O) groups is 1. The predicted octanol–water partition coefficient (Wildman–Crippen LogP) is 4.10. The number of pyridine rings is 2. The smallest absolute Gasteiger partial charge is 0.233 e. The molecule has 0 bridgehead atoms. The molecule has 1 N–H and O–H groups in total. The number of aromatic nitrogens is 5. The number of para-hydroxylation sites is 1. The highest BCUT2D eigenvalue weighted by atomic mass is 35.5. The summed E-state index contributed by atoms with van der Waals surface area (Å²) in [6, 6.07) is 16.1. The van der Waals surface area contributed by atoms with Gasteiger partial charge in [-0.05, 0) is 49.4 Å². The second-order valence-corrected chi connectivity index (χ2v) is 8.06. The molecule has 10 nitrogen and oxygen atoms in total. The minimum Gasteiger partial charge on any atom is -0.447 e. The maximum Gasteiger partial charge on any atom is 0.233 e. The number of ketones is 1. The molecular weight excluding hydrogens is 480 g/mol. The van der Waals surface area contributed by atoms with Gasteiger partial charge in [-0.25, -0.2) is 4.98 Å². The Morgan fingerprint density at radius 3 is 2.78 bits per heavy atom. The van der Waals surface area contributed by atoms with E-state index in [0.717, 1.165) is 5.56 Å². The van der Waals surface area contributed by atoms with Crippen molar-refractivity contribution in [2.45, 2.75) is 13.2 Å². The van der Waals surface area contributed by atoms with Crippen molar-refractivity contribution in [1.82, 2.24) is 30.2 Å². The molecule has 4 heterocycles. The number of hydrogen-bond acceptors (Lipinski definition) is 9. The molecule has 4 aromatic rings. The van der Waals surface area contributed by atoms with E-state index in [4.69, 9.17) is 21.6 Å². The van der Waals surface area contributed by atoms with Crippen molar-refractivity contribution in [3.8, 4) is 23.3 Å². The minimum absolute atomic E-state index is 0.0786. The maximum absolute atomic E-state index is 11.6. The second kappa shape index (κ2) is 9.77. The Morgan fingerprint density at radius 2 is 2.03 bits per heavy atom. The number of nitrogens with one attached hydrogen (secondary N) is 1. The predicted molar refractivity (Wildman–Crippen MR) is 132 cm³/mol. The minimum atomic E-state index is -0.555. The lowest BCUT2D eigenvalue weighted by molar-refractivity contribution is 0.101. The summed E-state index contributed by atoms with van der Waals surface area (Å²) >= 11 is 6.50. The van der Waals surface area contributed by atoms with Crippen molar-refractivity contribution in [2.24, 2.45) is 5.10 Å². The second-order valence-electron chi connectivity index (χ2n) is 7.65. The molecule has 1 atom stereocenters. The standard InChI is InChI=1S/C25H17ClN8O2/c1-15(35)17-6-7-20(29-14-17)24-32-30-22(34(24)21-5-3-2-4-19(21)26)8-9-23-31-33-25(36-23)16-10-11-28-18(12-16)13-27/h2-12,14,25,33H,1H3/b9-8+. The highest BCUT2D eigenvalue weighted by molar-refractivity contribution is 6.32. The number of halogens is 1. The van der Waals surface area contributed by atoms with Crippen LogP contribution < -0.4 is 5.43 Å². The molecule has 0 amide bonds. The number of hydrogen-bond donors (Lipinski definition) is 1. The van der Waals surface area contributed by atoms with Crippen molar-refractivity contribution in [1.29, 1.82) is 5.26 Å². The van der Waals surface area contributed by atoms with Crippen molar-refractivity contribution in [3.63, 3.8) is 0 Å². The molecule has 0 radical (unpaired) electrons. The van der Waals surface area contributed by atoms with Crippen LogP contribution >= 0.6 is 11.6 Å². The molecule has 0 aliphatic carbocycles. The van der Waals surface area contributed by atoms with E-state index < -0.39 is 6.23 Å². The molecule has 176 valence electrons. The van der Waals surface area contributed by atoms with Crippen molar-refractivity contribution in [2.75, 3.05) is 0 Å². The van der Waals surface area contributed by atoms with Gasteiger partial charge in [0.05, 0.1) is 10.7 Å². The van der Waals surface area contributed by atoms with Crippen LogP contribution in [0.15, 0.2) is 72.1 Å². The molecule has 0 saturated carbocycles. The van der Waals surface area contributed by atoms with Crippen molar-refractivity contribution >= 4 is 29.4 Å². The van der Waals surface area contributed by atoms with Crippen LogP contribution in [0.5, 0.6) is 0 Å². The Morgan fingerprint density at radius 1 is 1.17 bits per heavy atom. The van der Waals surface area contributed by atoms with Crippen LogP contribution in [-0.4, -0.2) is 36.4 Å². The summed E-state index contributed by atoms with van der Waals surface area (Å²) in [7, 11) is 0. The number of nitrogens with zero attached hydrogens (tertiary/aromatic N) is 7. The van der Waals surface area contributed by atoms with Gasteiger partial charge in [0, 0.05) is 29.6 Å². The van der Waals surface area contributed by atoms with Gasteiger partial charge in [0.1, 0.15) is 17.5 Å². The summed E-state index contributed by atoms with van der Waals surface area (Å²) in [5, 5.41) is 22.4. The summed E-state index contributed by atoms with van der Waals surface area (Å²) in [4.78, 5) is 20.0. The van der Waals surface area contributed by atoms with Crippen LogP contribution in [0, 0.1) is 11.3 Å². The first-order chi connectivity index (χ1) is 17.5. The summed E-state index contributed by atoms with van der Waals surface area (Å²) in [6.07, 6.45) is 5.83. The molecule has 3 aromatic heterocycles. The zero-order valence-corrected chi connectivity index (χ0v) is 19.6. The fraction of sp³-hybridized carbons (Fsp3) is 0.0800. The Bertz CT molecular complexity index is 1550. The molecule has 11 heteroatoms. The van der Waals surface area contributed by atoms with E-state index >= 15 is 0 Å². The summed E-state index contributed by atoms with van der Waals surface area (Å²) < 4.78 is 7.61. The quantitative estimate of drug-likeness (QED) is 0.395. The molecule has 5 rings (SSSR count). The van der Waals surface area contributed by atoms with Crippen LogP contribution in [0.4, 0.5) is 0 Å². The number of benzene rings is 1. The van der Waals surface area contributed by atoms with E-state index in [1.807, 2.05) is 24.3 Å². The zero-order chi connectivity index (χ0) is 25.1. The number of rotatable bonds is 6. The van der Waals surface area contributed by atoms with Gasteiger partial charge in [-0.2, -0.15) is 5.26 Å². The molecule has 1 aromatic carbocycles. The third kappa shape index (κ3) is 4.55. The molecule has 36 heavy (non-hydrogen) atoms. The molecule has 1 aliphatic heterocycles. The summed E-state index contributed by atoms with van der Waals surface area (Å²) in [5.74, 6) is 1.14. The number of carbonyl (C=O) groups excluding carboxylic acids is 1. The van der Waals surface area contributed by atoms with Crippen molar-refractivity contribution < 1.29 is 9.53 Å². The van der Waals surface area contributed by atoms with Crippen LogP contribution in [0.2, 0.25) is 5.02 Å². The zero-order valence-electron chi connectivity index (χ0n) is 18.8. The van der Waals surface area contributed by atoms with Gasteiger partial charge in [-0.15, -0.1) is 15.3 Å². The third-order valence-electron chi connectivity index (χ3n) is 5.29. The van der Waals surface area contributed by atoms with Crippen LogP contribution in [0.25, 0.3) is 23.3 Å². The van der Waals surface area contributed by atoms with Gasteiger partial charge < -0.3 is 4.74 Å². The maximum atomic E-state index is 11.6. The lowest BCUT2D eigenvalue weighted by atomic mass is 10.2. The largest absolute Gasteiger partial charge is 0.447 e. The van der Waals surface area contributed by atoms with E-state index in [9.17, 15) is 4.79 Å². The average Bonchev–Trinajstić information content (AvgIpc) is 3.55. The Hall–Kier alpha value is -4.88. The fourth-order valence-electron chi connectivity index (χ4n) is 3.51. The van der Waals surface area contributed by atoms with Crippen LogP contribution in [0.3, 0.4) is 0 Å². The lowest BCUT2D eigenvalue weighted by Crippen LogP contribution is -2.12. The van der Waals surface area contributed by atoms with Gasteiger partial charge in [-0.3, -0.25) is 19.8 Å².